The van der Waals surface area contributed by atoms with Crippen molar-refractivity contribution in [3.05, 3.63) is 29.8 Å². The van der Waals surface area contributed by atoms with Crippen LogP contribution in [0.1, 0.15) is 32.3 Å². The van der Waals surface area contributed by atoms with Crippen LogP contribution in [0.3, 0.4) is 0 Å². The minimum Gasteiger partial charge on any atom is -0.455 e. The molecular weight excluding hydrogens is 384 g/mol. The standard InChI is InChI=1S/C19H26N2O6S/c1-3-9-21(17-8-10-28(25,26)13-17)18(23)12-27-19(24)11-15-4-6-16(7-5-15)20-14(2)22/h4-7,17H,3,8-13H2,1-2H3,(H,20,22)/t17-/m1/s1. The van der Waals surface area contributed by atoms with E-state index in [1.807, 2.05) is 6.92 Å². The number of amides is 2. The second-order valence-electron chi connectivity index (χ2n) is 6.86. The summed E-state index contributed by atoms with van der Waals surface area (Å²) in [5.74, 6) is -1.06. The van der Waals surface area contributed by atoms with E-state index in [9.17, 15) is 22.8 Å². The number of ether oxygens (including phenoxy) is 1. The minimum atomic E-state index is -3.10. The molecule has 0 radical (unpaired) electrons. The van der Waals surface area contributed by atoms with Gasteiger partial charge in [0.15, 0.2) is 16.4 Å². The van der Waals surface area contributed by atoms with Gasteiger partial charge in [-0.1, -0.05) is 19.1 Å². The number of benzene rings is 1. The summed E-state index contributed by atoms with van der Waals surface area (Å²) in [4.78, 5) is 37.0. The number of hydrogen-bond donors (Lipinski definition) is 1. The SMILES string of the molecule is CCCN(C(=O)COC(=O)Cc1ccc(NC(C)=O)cc1)[C@@H]1CCS(=O)(=O)C1. The van der Waals surface area contributed by atoms with Gasteiger partial charge < -0.3 is 15.0 Å². The van der Waals surface area contributed by atoms with Crippen LogP contribution < -0.4 is 5.32 Å². The van der Waals surface area contributed by atoms with Gasteiger partial charge in [0, 0.05) is 25.2 Å². The molecule has 0 aliphatic carbocycles. The summed E-state index contributed by atoms with van der Waals surface area (Å²) in [6.07, 6.45) is 1.11. The van der Waals surface area contributed by atoms with Gasteiger partial charge in [0.05, 0.1) is 17.9 Å². The highest BCUT2D eigenvalue weighted by molar-refractivity contribution is 7.91. The molecule has 2 amide bonds. The van der Waals surface area contributed by atoms with Crippen LogP contribution >= 0.6 is 0 Å². The maximum absolute atomic E-state index is 12.4. The molecule has 1 heterocycles. The highest BCUT2D eigenvalue weighted by atomic mass is 32.2. The first-order chi connectivity index (χ1) is 13.2. The van der Waals surface area contributed by atoms with Gasteiger partial charge in [-0.3, -0.25) is 14.4 Å². The van der Waals surface area contributed by atoms with E-state index in [4.69, 9.17) is 4.74 Å². The van der Waals surface area contributed by atoms with Gasteiger partial charge in [-0.2, -0.15) is 0 Å². The molecule has 0 saturated carbocycles. The third-order valence-electron chi connectivity index (χ3n) is 4.41. The second-order valence-corrected chi connectivity index (χ2v) is 9.09. The fourth-order valence-electron chi connectivity index (χ4n) is 3.13. The number of hydrogen-bond acceptors (Lipinski definition) is 6. The molecule has 0 unspecified atom stereocenters. The van der Waals surface area contributed by atoms with E-state index in [0.29, 0.717) is 30.6 Å². The van der Waals surface area contributed by atoms with E-state index in [1.165, 1.54) is 11.8 Å². The Bertz CT molecular complexity index is 819. The van der Waals surface area contributed by atoms with Crippen LogP contribution in [-0.4, -0.2) is 61.8 Å². The Labute approximate surface area is 165 Å². The molecule has 1 atom stereocenters. The van der Waals surface area contributed by atoms with E-state index in [0.717, 1.165) is 0 Å². The number of rotatable bonds is 8. The Kier molecular flexibility index (Phi) is 7.56. The number of anilines is 1. The van der Waals surface area contributed by atoms with E-state index in [-0.39, 0.29) is 35.8 Å². The molecule has 1 aliphatic heterocycles. The first kappa shape index (κ1) is 21.9. The van der Waals surface area contributed by atoms with Crippen molar-refractivity contribution in [2.24, 2.45) is 0 Å². The molecule has 2 rings (SSSR count). The van der Waals surface area contributed by atoms with Gasteiger partial charge in [-0.05, 0) is 30.5 Å². The lowest BCUT2D eigenvalue weighted by Crippen LogP contribution is -2.43. The van der Waals surface area contributed by atoms with Gasteiger partial charge in [-0.15, -0.1) is 0 Å². The van der Waals surface area contributed by atoms with Crippen LogP contribution in [0.5, 0.6) is 0 Å². The number of carbonyl (C=O) groups excluding carboxylic acids is 3. The Morgan fingerprint density at radius 1 is 1.21 bits per heavy atom. The second kappa shape index (κ2) is 9.68. The maximum Gasteiger partial charge on any atom is 0.310 e. The van der Waals surface area contributed by atoms with Gasteiger partial charge in [0.1, 0.15) is 0 Å². The molecule has 1 fully saturated rings. The summed E-state index contributed by atoms with van der Waals surface area (Å²) in [6, 6.07) is 6.40. The monoisotopic (exact) mass is 410 g/mol. The average molecular weight is 410 g/mol. The molecule has 0 bridgehead atoms. The summed E-state index contributed by atoms with van der Waals surface area (Å²) < 4.78 is 28.4. The molecule has 0 spiro atoms. The smallest absolute Gasteiger partial charge is 0.310 e. The van der Waals surface area contributed by atoms with E-state index in [2.05, 4.69) is 5.32 Å². The largest absolute Gasteiger partial charge is 0.455 e. The van der Waals surface area contributed by atoms with Crippen LogP contribution in [0, 0.1) is 0 Å². The topological polar surface area (TPSA) is 110 Å². The summed E-state index contributed by atoms with van der Waals surface area (Å²) >= 11 is 0. The van der Waals surface area contributed by atoms with Crippen molar-refractivity contribution < 1.29 is 27.5 Å². The summed E-state index contributed by atoms with van der Waals surface area (Å²) in [5, 5.41) is 2.63. The first-order valence-electron chi connectivity index (χ1n) is 9.22. The average Bonchev–Trinajstić information content (AvgIpc) is 2.98. The van der Waals surface area contributed by atoms with Crippen LogP contribution in [0.4, 0.5) is 5.69 Å². The number of carbonyl (C=O) groups is 3. The Balaban J connectivity index is 1.86. The van der Waals surface area contributed by atoms with Crippen molar-refractivity contribution in [3.63, 3.8) is 0 Å². The zero-order valence-electron chi connectivity index (χ0n) is 16.1. The predicted octanol–water partition coefficient (Wildman–Crippen LogP) is 1.16. The summed E-state index contributed by atoms with van der Waals surface area (Å²) in [6.45, 7) is 3.34. The van der Waals surface area contributed by atoms with Crippen molar-refractivity contribution in [3.8, 4) is 0 Å². The number of nitrogens with zero attached hydrogens (tertiary/aromatic N) is 1. The molecule has 28 heavy (non-hydrogen) atoms. The van der Waals surface area contributed by atoms with Crippen LogP contribution in [0.2, 0.25) is 0 Å². The highest BCUT2D eigenvalue weighted by Gasteiger charge is 2.34. The molecule has 1 N–H and O–H groups in total. The lowest BCUT2D eigenvalue weighted by atomic mass is 10.1. The Morgan fingerprint density at radius 3 is 2.43 bits per heavy atom. The van der Waals surface area contributed by atoms with Crippen LogP contribution in [0.25, 0.3) is 0 Å². The van der Waals surface area contributed by atoms with Crippen molar-refractivity contribution in [1.29, 1.82) is 0 Å². The van der Waals surface area contributed by atoms with E-state index in [1.54, 1.807) is 24.3 Å². The molecule has 1 aromatic rings. The number of sulfone groups is 1. The normalized spacial score (nSPS) is 17.7. The third-order valence-corrected chi connectivity index (χ3v) is 6.16. The van der Waals surface area contributed by atoms with Crippen molar-refractivity contribution in [1.82, 2.24) is 4.90 Å². The first-order valence-corrected chi connectivity index (χ1v) is 11.0. The molecule has 9 heteroatoms. The Hall–Kier alpha value is -2.42. The van der Waals surface area contributed by atoms with Crippen molar-refractivity contribution in [2.75, 3.05) is 30.0 Å². The number of esters is 1. The van der Waals surface area contributed by atoms with Crippen molar-refractivity contribution in [2.45, 2.75) is 39.2 Å². The zero-order valence-corrected chi connectivity index (χ0v) is 17.0. The lowest BCUT2D eigenvalue weighted by Gasteiger charge is -2.27. The molecule has 1 saturated heterocycles. The fourth-order valence-corrected chi connectivity index (χ4v) is 4.86. The van der Waals surface area contributed by atoms with Crippen molar-refractivity contribution >= 4 is 33.3 Å². The maximum atomic E-state index is 12.4. The predicted molar refractivity (Wildman–Crippen MR) is 104 cm³/mol. The number of nitrogens with one attached hydrogen (secondary N) is 1. The lowest BCUT2D eigenvalue weighted by molar-refractivity contribution is -0.152. The van der Waals surface area contributed by atoms with Crippen LogP contribution in [0.15, 0.2) is 24.3 Å². The zero-order chi connectivity index (χ0) is 20.7. The van der Waals surface area contributed by atoms with Gasteiger partial charge >= 0.3 is 5.97 Å². The molecule has 154 valence electrons. The summed E-state index contributed by atoms with van der Waals surface area (Å²) in [5.41, 5.74) is 1.32. The molecular formula is C19H26N2O6S. The highest BCUT2D eigenvalue weighted by Crippen LogP contribution is 2.18. The third kappa shape index (κ3) is 6.63. The molecule has 1 aromatic carbocycles. The summed E-state index contributed by atoms with van der Waals surface area (Å²) in [7, 11) is -3.10. The minimum absolute atomic E-state index is 0.000777. The van der Waals surface area contributed by atoms with E-state index < -0.39 is 22.4 Å². The van der Waals surface area contributed by atoms with Gasteiger partial charge in [-0.25, -0.2) is 8.42 Å². The van der Waals surface area contributed by atoms with Gasteiger partial charge in [0.25, 0.3) is 5.91 Å². The molecule has 8 nitrogen and oxygen atoms in total. The Morgan fingerprint density at radius 2 is 1.89 bits per heavy atom. The fraction of sp³-hybridized carbons (Fsp3) is 0.526. The van der Waals surface area contributed by atoms with Gasteiger partial charge in [0.2, 0.25) is 5.91 Å². The van der Waals surface area contributed by atoms with Crippen LogP contribution in [-0.2, 0) is 35.4 Å². The molecule has 0 aromatic heterocycles. The van der Waals surface area contributed by atoms with E-state index >= 15 is 0 Å². The quantitative estimate of drug-likeness (QED) is 0.644. The molecule has 1 aliphatic rings.